The molecular formula is C23H25Cl2N3O2S. The van der Waals surface area contributed by atoms with Gasteiger partial charge >= 0.3 is 0 Å². The van der Waals surface area contributed by atoms with Crippen molar-refractivity contribution in [1.82, 2.24) is 9.55 Å². The van der Waals surface area contributed by atoms with E-state index in [0.29, 0.717) is 27.0 Å². The molecule has 2 aromatic heterocycles. The molecule has 31 heavy (non-hydrogen) atoms. The van der Waals surface area contributed by atoms with Gasteiger partial charge in [0.25, 0.3) is 5.56 Å². The van der Waals surface area contributed by atoms with Gasteiger partial charge in [-0.05, 0) is 61.3 Å². The van der Waals surface area contributed by atoms with E-state index < -0.39 is 6.04 Å². The van der Waals surface area contributed by atoms with Crippen LogP contribution in [0.1, 0.15) is 50.6 Å². The summed E-state index contributed by atoms with van der Waals surface area (Å²) in [6.07, 6.45) is 4.38. The molecule has 2 atom stereocenters. The molecule has 1 aromatic carbocycles. The van der Waals surface area contributed by atoms with Crippen molar-refractivity contribution in [2.45, 2.75) is 53.0 Å². The molecule has 0 saturated heterocycles. The van der Waals surface area contributed by atoms with Gasteiger partial charge in [0.15, 0.2) is 0 Å². The lowest BCUT2D eigenvalue weighted by molar-refractivity contribution is -0.118. The molecule has 2 heterocycles. The number of nitrogens with one attached hydrogen (secondary N) is 1. The summed E-state index contributed by atoms with van der Waals surface area (Å²) >= 11 is 13.6. The van der Waals surface area contributed by atoms with Gasteiger partial charge in [0.2, 0.25) is 5.91 Å². The first-order chi connectivity index (χ1) is 14.5. The molecule has 1 N–H and O–H groups in total. The van der Waals surface area contributed by atoms with Gasteiger partial charge in [-0.25, -0.2) is 4.98 Å². The van der Waals surface area contributed by atoms with E-state index in [4.69, 9.17) is 23.2 Å². The summed E-state index contributed by atoms with van der Waals surface area (Å²) in [6, 6.07) is 4.09. The number of fused-ring (bicyclic) bond motifs is 3. The molecule has 1 aliphatic rings. The lowest BCUT2D eigenvalue weighted by Gasteiger charge is -2.33. The third-order valence-corrected chi connectivity index (χ3v) is 7.74. The fourth-order valence-electron chi connectivity index (χ4n) is 4.19. The Morgan fingerprint density at radius 1 is 1.26 bits per heavy atom. The maximum atomic E-state index is 13.4. The smallest absolute Gasteiger partial charge is 0.263 e. The molecule has 1 aliphatic carbocycles. The lowest BCUT2D eigenvalue weighted by atomic mass is 9.72. The topological polar surface area (TPSA) is 64.0 Å². The van der Waals surface area contributed by atoms with Gasteiger partial charge in [-0.3, -0.25) is 14.2 Å². The third-order valence-electron chi connectivity index (χ3n) is 6.15. The molecular weight excluding hydrogens is 453 g/mol. The Labute approximate surface area is 195 Å². The molecule has 2 unspecified atom stereocenters. The van der Waals surface area contributed by atoms with Crippen LogP contribution in [0.15, 0.2) is 29.3 Å². The standard InChI is InChI=1S/C23H25Cl2N3O2S/c1-12(20(29)27-16-9-14(24)8-15(25)10-16)28-11-26-21-19(22(28)30)17-6-5-13(23(2,3)4)7-18(17)31-21/h8-13H,5-7H2,1-4H3,(H,27,29). The molecule has 164 valence electrons. The van der Waals surface area contributed by atoms with E-state index in [-0.39, 0.29) is 16.9 Å². The highest BCUT2D eigenvalue weighted by Gasteiger charge is 2.32. The summed E-state index contributed by atoms with van der Waals surface area (Å²) in [4.78, 5) is 32.7. The van der Waals surface area contributed by atoms with Crippen LogP contribution in [-0.4, -0.2) is 15.5 Å². The molecule has 0 bridgehead atoms. The van der Waals surface area contributed by atoms with Crippen molar-refractivity contribution in [3.8, 4) is 0 Å². The Bertz CT molecular complexity index is 1210. The number of aryl methyl sites for hydroxylation is 1. The van der Waals surface area contributed by atoms with Crippen molar-refractivity contribution in [1.29, 1.82) is 0 Å². The van der Waals surface area contributed by atoms with E-state index in [2.05, 4.69) is 31.1 Å². The van der Waals surface area contributed by atoms with Crippen molar-refractivity contribution in [2.24, 2.45) is 11.3 Å². The highest BCUT2D eigenvalue weighted by atomic mass is 35.5. The number of hydrogen-bond acceptors (Lipinski definition) is 4. The SMILES string of the molecule is CC(C(=O)Nc1cc(Cl)cc(Cl)c1)n1cnc2sc3c(c2c1=O)CCC(C(C)(C)C)C3. The first-order valence-electron chi connectivity index (χ1n) is 10.3. The monoisotopic (exact) mass is 477 g/mol. The van der Waals surface area contributed by atoms with Crippen molar-refractivity contribution < 1.29 is 4.79 Å². The Kier molecular flexibility index (Phi) is 5.92. The van der Waals surface area contributed by atoms with Crippen LogP contribution < -0.4 is 10.9 Å². The minimum absolute atomic E-state index is 0.163. The minimum atomic E-state index is -0.733. The van der Waals surface area contributed by atoms with Gasteiger partial charge in [-0.15, -0.1) is 11.3 Å². The number of thiophene rings is 1. The Morgan fingerprint density at radius 2 is 1.94 bits per heavy atom. The number of carbonyl (C=O) groups is 1. The predicted molar refractivity (Wildman–Crippen MR) is 129 cm³/mol. The molecule has 3 aromatic rings. The number of hydrogen-bond donors (Lipinski definition) is 1. The molecule has 0 spiro atoms. The second-order valence-electron chi connectivity index (χ2n) is 9.27. The van der Waals surface area contributed by atoms with E-state index in [1.54, 1.807) is 36.5 Å². The van der Waals surface area contributed by atoms with Crippen LogP contribution in [0.4, 0.5) is 5.69 Å². The Balaban J connectivity index is 1.65. The van der Waals surface area contributed by atoms with Gasteiger partial charge in [0, 0.05) is 20.6 Å². The number of rotatable bonds is 3. The van der Waals surface area contributed by atoms with Crippen LogP contribution in [0.25, 0.3) is 10.2 Å². The van der Waals surface area contributed by atoms with E-state index in [9.17, 15) is 9.59 Å². The number of halogens is 2. The predicted octanol–water partition coefficient (Wildman–Crippen LogP) is 6.12. The molecule has 0 saturated carbocycles. The number of aromatic nitrogens is 2. The fourth-order valence-corrected chi connectivity index (χ4v) is 5.98. The molecule has 1 amide bonds. The van der Waals surface area contributed by atoms with Crippen molar-refractivity contribution in [2.75, 3.05) is 5.32 Å². The van der Waals surface area contributed by atoms with E-state index in [1.807, 2.05) is 0 Å². The van der Waals surface area contributed by atoms with Crippen molar-refractivity contribution >= 4 is 56.3 Å². The van der Waals surface area contributed by atoms with Crippen LogP contribution in [0.5, 0.6) is 0 Å². The van der Waals surface area contributed by atoms with E-state index in [0.717, 1.165) is 29.7 Å². The normalized spacial score (nSPS) is 17.4. The average molecular weight is 478 g/mol. The first kappa shape index (κ1) is 22.3. The van der Waals surface area contributed by atoms with Crippen LogP contribution in [0.3, 0.4) is 0 Å². The summed E-state index contributed by atoms with van der Waals surface area (Å²) in [5.74, 6) is 0.253. The van der Waals surface area contributed by atoms with Crippen molar-refractivity contribution in [3.05, 3.63) is 55.4 Å². The zero-order chi connectivity index (χ0) is 22.5. The van der Waals surface area contributed by atoms with E-state index in [1.165, 1.54) is 15.8 Å². The van der Waals surface area contributed by atoms with Gasteiger partial charge in [0.05, 0.1) is 11.7 Å². The summed E-state index contributed by atoms with van der Waals surface area (Å²) in [5.41, 5.74) is 1.67. The fraction of sp³-hybridized carbons (Fsp3) is 0.435. The maximum absolute atomic E-state index is 13.4. The highest BCUT2D eigenvalue weighted by molar-refractivity contribution is 7.18. The second-order valence-corrected chi connectivity index (χ2v) is 11.2. The zero-order valence-electron chi connectivity index (χ0n) is 18.0. The number of amides is 1. The average Bonchev–Trinajstić information content (AvgIpc) is 3.04. The minimum Gasteiger partial charge on any atom is -0.324 e. The molecule has 0 aliphatic heterocycles. The van der Waals surface area contributed by atoms with Gasteiger partial charge in [-0.1, -0.05) is 44.0 Å². The lowest BCUT2D eigenvalue weighted by Crippen LogP contribution is -2.32. The summed E-state index contributed by atoms with van der Waals surface area (Å²) in [6.45, 7) is 8.50. The maximum Gasteiger partial charge on any atom is 0.263 e. The molecule has 0 radical (unpaired) electrons. The molecule has 0 fully saturated rings. The van der Waals surface area contributed by atoms with Gasteiger partial charge < -0.3 is 5.32 Å². The largest absolute Gasteiger partial charge is 0.324 e. The van der Waals surface area contributed by atoms with Crippen molar-refractivity contribution in [3.63, 3.8) is 0 Å². The van der Waals surface area contributed by atoms with Gasteiger partial charge in [-0.2, -0.15) is 0 Å². The van der Waals surface area contributed by atoms with E-state index >= 15 is 0 Å². The Hall–Kier alpha value is -1.89. The van der Waals surface area contributed by atoms with Crippen LogP contribution in [0.2, 0.25) is 10.0 Å². The number of benzene rings is 1. The van der Waals surface area contributed by atoms with Crippen LogP contribution in [-0.2, 0) is 17.6 Å². The zero-order valence-corrected chi connectivity index (χ0v) is 20.3. The summed E-state index contributed by atoms with van der Waals surface area (Å²) < 4.78 is 1.41. The summed E-state index contributed by atoms with van der Waals surface area (Å²) in [7, 11) is 0. The molecule has 4 rings (SSSR count). The van der Waals surface area contributed by atoms with Crippen LogP contribution in [0, 0.1) is 11.3 Å². The highest BCUT2D eigenvalue weighted by Crippen LogP contribution is 2.42. The van der Waals surface area contributed by atoms with Crippen LogP contribution >= 0.6 is 34.5 Å². The third kappa shape index (κ3) is 4.38. The quantitative estimate of drug-likeness (QED) is 0.494. The summed E-state index contributed by atoms with van der Waals surface area (Å²) in [5, 5.41) is 4.30. The Morgan fingerprint density at radius 3 is 2.58 bits per heavy atom. The number of carbonyl (C=O) groups excluding carboxylic acids is 1. The molecule has 5 nitrogen and oxygen atoms in total. The molecule has 8 heteroatoms. The number of nitrogens with zero attached hydrogens (tertiary/aromatic N) is 2. The number of anilines is 1. The second kappa shape index (κ2) is 8.23. The first-order valence-corrected chi connectivity index (χ1v) is 11.9. The van der Waals surface area contributed by atoms with Gasteiger partial charge in [0.1, 0.15) is 10.9 Å².